The predicted molar refractivity (Wildman–Crippen MR) is 86.7 cm³/mol. The molecular weight excluding hydrogens is 302 g/mol. The van der Waals surface area contributed by atoms with Crippen LogP contribution in [-0.2, 0) is 11.3 Å². The molecule has 2 amide bonds. The van der Waals surface area contributed by atoms with E-state index in [1.165, 1.54) is 0 Å². The normalized spacial score (nSPS) is 21.7. The van der Waals surface area contributed by atoms with Crippen molar-refractivity contribution >= 4 is 24.2 Å². The number of rotatable bonds is 4. The van der Waals surface area contributed by atoms with Gasteiger partial charge >= 0.3 is 0 Å². The minimum absolute atomic E-state index is 0. The van der Waals surface area contributed by atoms with Gasteiger partial charge in [0, 0.05) is 18.0 Å². The van der Waals surface area contributed by atoms with Crippen molar-refractivity contribution in [1.29, 1.82) is 0 Å². The summed E-state index contributed by atoms with van der Waals surface area (Å²) in [6.07, 6.45) is 3.25. The maximum Gasteiger partial charge on any atom is 0.248 e. The van der Waals surface area contributed by atoms with Gasteiger partial charge in [0.25, 0.3) is 0 Å². The van der Waals surface area contributed by atoms with E-state index in [1.54, 1.807) is 12.1 Å². The minimum atomic E-state index is -0.434. The number of carbonyl (C=O) groups excluding carboxylic acids is 2. The first-order valence-corrected chi connectivity index (χ1v) is 7.48. The third-order valence-electron chi connectivity index (χ3n) is 4.81. The Bertz CT molecular complexity index is 553. The molecule has 2 aliphatic rings. The van der Waals surface area contributed by atoms with Crippen molar-refractivity contribution in [2.75, 3.05) is 13.1 Å². The van der Waals surface area contributed by atoms with Crippen LogP contribution in [0.3, 0.4) is 0 Å². The van der Waals surface area contributed by atoms with Gasteiger partial charge in [-0.15, -0.1) is 12.4 Å². The van der Waals surface area contributed by atoms with E-state index in [9.17, 15) is 9.59 Å². The molecule has 1 unspecified atom stereocenters. The van der Waals surface area contributed by atoms with Crippen molar-refractivity contribution in [3.8, 4) is 0 Å². The maximum atomic E-state index is 12.2. The molecule has 0 bridgehead atoms. The van der Waals surface area contributed by atoms with Crippen molar-refractivity contribution in [2.45, 2.75) is 25.8 Å². The molecule has 1 spiro atoms. The van der Waals surface area contributed by atoms with Crippen LogP contribution >= 0.6 is 12.4 Å². The van der Waals surface area contributed by atoms with Crippen LogP contribution < -0.4 is 16.4 Å². The molecule has 4 N–H and O–H groups in total. The molecule has 3 rings (SSSR count). The summed E-state index contributed by atoms with van der Waals surface area (Å²) < 4.78 is 0. The van der Waals surface area contributed by atoms with Gasteiger partial charge in [-0.1, -0.05) is 12.1 Å². The van der Waals surface area contributed by atoms with Crippen molar-refractivity contribution in [2.24, 2.45) is 17.1 Å². The number of hydrogen-bond acceptors (Lipinski definition) is 3. The second-order valence-corrected chi connectivity index (χ2v) is 6.15. The molecule has 2 fully saturated rings. The van der Waals surface area contributed by atoms with Gasteiger partial charge < -0.3 is 16.4 Å². The van der Waals surface area contributed by atoms with Crippen LogP contribution in [0.5, 0.6) is 0 Å². The summed E-state index contributed by atoms with van der Waals surface area (Å²) in [7, 11) is 0. The maximum absolute atomic E-state index is 12.2. The molecule has 1 aromatic rings. The van der Waals surface area contributed by atoms with Gasteiger partial charge in [-0.25, -0.2) is 0 Å². The lowest BCUT2D eigenvalue weighted by Crippen LogP contribution is -2.33. The van der Waals surface area contributed by atoms with Crippen LogP contribution in [0.1, 0.15) is 35.2 Å². The van der Waals surface area contributed by atoms with Gasteiger partial charge in [0.2, 0.25) is 11.8 Å². The number of benzene rings is 1. The Morgan fingerprint density at radius 3 is 2.45 bits per heavy atom. The number of nitrogens with one attached hydrogen (secondary N) is 2. The van der Waals surface area contributed by atoms with E-state index in [1.807, 2.05) is 12.1 Å². The highest BCUT2D eigenvalue weighted by atomic mass is 35.5. The molecule has 6 heteroatoms. The van der Waals surface area contributed by atoms with E-state index in [2.05, 4.69) is 10.6 Å². The Balaban J connectivity index is 0.00000176. The standard InChI is InChI=1S/C16H21N3O2.ClH/c17-14(20)12-3-1-11(2-4-12)10-19-15(21)13-9-16(13)5-7-18-8-6-16;/h1-4,13,18H,5-10H2,(H2,17,20)(H,19,21);1H. The Hall–Kier alpha value is -1.59. The van der Waals surface area contributed by atoms with Gasteiger partial charge in [0.05, 0.1) is 0 Å². The average Bonchev–Trinajstić information content (AvgIpc) is 3.19. The van der Waals surface area contributed by atoms with E-state index in [0.717, 1.165) is 37.9 Å². The molecule has 5 nitrogen and oxygen atoms in total. The molecule has 0 radical (unpaired) electrons. The van der Waals surface area contributed by atoms with Gasteiger partial charge in [0.15, 0.2) is 0 Å². The predicted octanol–water partition coefficient (Wildman–Crippen LogP) is 1.21. The third kappa shape index (κ3) is 3.42. The van der Waals surface area contributed by atoms with E-state index >= 15 is 0 Å². The Morgan fingerprint density at radius 2 is 1.86 bits per heavy atom. The van der Waals surface area contributed by atoms with Crippen LogP contribution in [-0.4, -0.2) is 24.9 Å². The molecule has 1 saturated heterocycles. The Labute approximate surface area is 136 Å². The number of halogens is 1. The third-order valence-corrected chi connectivity index (χ3v) is 4.81. The number of carbonyl (C=O) groups is 2. The molecule has 1 aliphatic heterocycles. The van der Waals surface area contributed by atoms with Gasteiger partial charge in [-0.2, -0.15) is 0 Å². The summed E-state index contributed by atoms with van der Waals surface area (Å²) >= 11 is 0. The number of hydrogen-bond donors (Lipinski definition) is 3. The molecule has 1 aromatic carbocycles. The Kier molecular flexibility index (Phi) is 5.08. The largest absolute Gasteiger partial charge is 0.366 e. The van der Waals surface area contributed by atoms with Crippen molar-refractivity contribution in [3.05, 3.63) is 35.4 Å². The van der Waals surface area contributed by atoms with Crippen LogP contribution in [0.4, 0.5) is 0 Å². The first kappa shape index (κ1) is 16.8. The van der Waals surface area contributed by atoms with Crippen LogP contribution in [0.25, 0.3) is 0 Å². The zero-order valence-corrected chi connectivity index (χ0v) is 13.2. The van der Waals surface area contributed by atoms with Crippen LogP contribution in [0.2, 0.25) is 0 Å². The monoisotopic (exact) mass is 323 g/mol. The zero-order valence-electron chi connectivity index (χ0n) is 12.4. The van der Waals surface area contributed by atoms with E-state index < -0.39 is 5.91 Å². The van der Waals surface area contributed by atoms with E-state index in [-0.39, 0.29) is 29.6 Å². The molecule has 0 aromatic heterocycles. The van der Waals surface area contributed by atoms with Crippen LogP contribution in [0.15, 0.2) is 24.3 Å². The van der Waals surface area contributed by atoms with Crippen LogP contribution in [0, 0.1) is 11.3 Å². The molecular formula is C16H22ClN3O2. The number of amides is 2. The number of primary amides is 1. The highest BCUT2D eigenvalue weighted by Crippen LogP contribution is 2.58. The molecule has 1 saturated carbocycles. The second-order valence-electron chi connectivity index (χ2n) is 6.15. The molecule has 1 aliphatic carbocycles. The van der Waals surface area contributed by atoms with Crippen molar-refractivity contribution in [3.63, 3.8) is 0 Å². The minimum Gasteiger partial charge on any atom is -0.366 e. The first-order valence-electron chi connectivity index (χ1n) is 7.48. The summed E-state index contributed by atoms with van der Waals surface area (Å²) in [6.45, 7) is 2.55. The fourth-order valence-electron chi connectivity index (χ4n) is 3.29. The molecule has 120 valence electrons. The average molecular weight is 324 g/mol. The topological polar surface area (TPSA) is 84.2 Å². The SMILES string of the molecule is Cl.NC(=O)c1ccc(CNC(=O)C2CC23CCNCC3)cc1. The molecule has 22 heavy (non-hydrogen) atoms. The second kappa shape index (κ2) is 6.67. The lowest BCUT2D eigenvalue weighted by atomic mass is 9.92. The zero-order chi connectivity index (χ0) is 14.9. The summed E-state index contributed by atoms with van der Waals surface area (Å²) in [5, 5.41) is 6.35. The smallest absolute Gasteiger partial charge is 0.248 e. The first-order chi connectivity index (χ1) is 10.1. The lowest BCUT2D eigenvalue weighted by molar-refractivity contribution is -0.123. The van der Waals surface area contributed by atoms with Gasteiger partial charge in [-0.05, 0) is 55.5 Å². The van der Waals surface area contributed by atoms with E-state index in [4.69, 9.17) is 5.73 Å². The number of piperidine rings is 1. The van der Waals surface area contributed by atoms with Crippen molar-refractivity contribution < 1.29 is 9.59 Å². The summed E-state index contributed by atoms with van der Waals surface area (Å²) in [6, 6.07) is 7.03. The summed E-state index contributed by atoms with van der Waals surface area (Å²) in [4.78, 5) is 23.2. The fraction of sp³-hybridized carbons (Fsp3) is 0.500. The van der Waals surface area contributed by atoms with E-state index in [0.29, 0.717) is 12.1 Å². The van der Waals surface area contributed by atoms with Crippen molar-refractivity contribution in [1.82, 2.24) is 10.6 Å². The molecule has 1 atom stereocenters. The molecule has 1 heterocycles. The fourth-order valence-corrected chi connectivity index (χ4v) is 3.29. The quantitative estimate of drug-likeness (QED) is 0.778. The van der Waals surface area contributed by atoms with Gasteiger partial charge in [0.1, 0.15) is 0 Å². The highest BCUT2D eigenvalue weighted by Gasteiger charge is 2.57. The number of nitrogens with two attached hydrogens (primary N) is 1. The summed E-state index contributed by atoms with van der Waals surface area (Å²) in [5.41, 5.74) is 6.94. The van der Waals surface area contributed by atoms with Gasteiger partial charge in [-0.3, -0.25) is 9.59 Å². The Morgan fingerprint density at radius 1 is 1.23 bits per heavy atom. The highest BCUT2D eigenvalue weighted by molar-refractivity contribution is 5.92. The summed E-state index contributed by atoms with van der Waals surface area (Å²) in [5.74, 6) is -0.0863. The lowest BCUT2D eigenvalue weighted by Gasteiger charge is -2.23.